The fourth-order valence-corrected chi connectivity index (χ4v) is 1.10. The molecule has 0 bridgehead atoms. The van der Waals surface area contributed by atoms with Crippen molar-refractivity contribution in [1.29, 1.82) is 0 Å². The maximum Gasteiger partial charge on any atom is 0.302 e. The second-order valence-corrected chi connectivity index (χ2v) is 8.38. The van der Waals surface area contributed by atoms with Gasteiger partial charge in [0.1, 0.15) is 6.61 Å². The summed E-state index contributed by atoms with van der Waals surface area (Å²) in [6.07, 6.45) is 1.03. The van der Waals surface area contributed by atoms with Crippen molar-refractivity contribution < 1.29 is 15.0 Å². The molecule has 1 N–H and O–H groups in total. The van der Waals surface area contributed by atoms with Gasteiger partial charge in [0.2, 0.25) is 0 Å². The molecule has 0 saturated heterocycles. The molecule has 4 heteroatoms. The summed E-state index contributed by atoms with van der Waals surface area (Å²) in [5.74, 6) is -0.173. The Morgan fingerprint density at radius 1 is 1.36 bits per heavy atom. The first-order chi connectivity index (χ1) is 4.42. The van der Waals surface area contributed by atoms with Gasteiger partial charge >= 0.3 is 5.97 Å². The third-order valence-electron chi connectivity index (χ3n) is 1.07. The average molecular weight is 180 g/mol. The Morgan fingerprint density at radius 3 is 2.09 bits per heavy atom. The van der Waals surface area contributed by atoms with Gasteiger partial charge in [-0.05, 0) is 0 Å². The second kappa shape index (κ2) is 5.50. The van der Waals surface area contributed by atoms with Crippen molar-refractivity contribution in [3.63, 3.8) is 0 Å². The number of ether oxygens (including phenoxy) is 1. The van der Waals surface area contributed by atoms with Gasteiger partial charge in [-0.3, -0.25) is 4.79 Å². The van der Waals surface area contributed by atoms with E-state index in [1.807, 2.05) is 0 Å². The van der Waals surface area contributed by atoms with Crippen LogP contribution in [-0.2, 0) is 9.53 Å². The van der Waals surface area contributed by atoms with Crippen LogP contribution in [0.5, 0.6) is 0 Å². The summed E-state index contributed by atoms with van der Waals surface area (Å²) in [5.41, 5.74) is 0. The molecule has 0 aliphatic rings. The first-order valence-electron chi connectivity index (χ1n) is 3.35. The van der Waals surface area contributed by atoms with Crippen LogP contribution >= 0.6 is 7.26 Å². The molecule has 0 aliphatic heterocycles. The van der Waals surface area contributed by atoms with Crippen molar-refractivity contribution in [2.45, 2.75) is 6.92 Å². The Morgan fingerprint density at radius 2 is 1.82 bits per heavy atom. The van der Waals surface area contributed by atoms with Gasteiger partial charge in [0.15, 0.2) is 0 Å². The van der Waals surface area contributed by atoms with E-state index in [-0.39, 0.29) is 11.4 Å². The first kappa shape index (κ1) is 13.4. The van der Waals surface area contributed by atoms with Crippen LogP contribution in [-0.4, -0.2) is 44.2 Å². The van der Waals surface area contributed by atoms with E-state index in [1.54, 1.807) is 0 Å². The third kappa shape index (κ3) is 12.9. The van der Waals surface area contributed by atoms with Gasteiger partial charge in [0.05, 0.1) is 6.16 Å². The molecule has 0 spiro atoms. The van der Waals surface area contributed by atoms with Crippen LogP contribution in [0.1, 0.15) is 6.92 Å². The van der Waals surface area contributed by atoms with Crippen molar-refractivity contribution in [2.75, 3.05) is 32.8 Å². The summed E-state index contributed by atoms with van der Waals surface area (Å²) in [7, 11) is -0.749. The zero-order valence-corrected chi connectivity index (χ0v) is 8.52. The zero-order valence-electron chi connectivity index (χ0n) is 7.63. The van der Waals surface area contributed by atoms with E-state index < -0.39 is 7.26 Å². The molecule has 0 fully saturated rings. The summed E-state index contributed by atoms with van der Waals surface area (Å²) < 4.78 is 4.81. The molecular formula is C7H17O3P. The molecule has 0 aliphatic carbocycles. The van der Waals surface area contributed by atoms with Crippen LogP contribution in [0, 0.1) is 0 Å². The van der Waals surface area contributed by atoms with Gasteiger partial charge in [-0.15, -0.1) is 0 Å². The lowest BCUT2D eigenvalue weighted by Crippen LogP contribution is -2.06. The van der Waals surface area contributed by atoms with Crippen molar-refractivity contribution in [1.82, 2.24) is 0 Å². The maximum atomic E-state index is 10.3. The Balaban J connectivity index is 0. The molecule has 11 heavy (non-hydrogen) atoms. The van der Waals surface area contributed by atoms with E-state index in [0.717, 1.165) is 6.16 Å². The molecule has 0 unspecified atom stereocenters. The summed E-state index contributed by atoms with van der Waals surface area (Å²) in [6, 6.07) is 0. The highest BCUT2D eigenvalue weighted by Gasteiger charge is 2.16. The molecule has 0 radical (unpaired) electrons. The number of carbonyl (C=O) groups is 1. The lowest BCUT2D eigenvalue weighted by molar-refractivity contribution is -0.140. The predicted octanol–water partition coefficient (Wildman–Crippen LogP) is 1.28. The Labute approximate surface area is 68.8 Å². The van der Waals surface area contributed by atoms with Crippen LogP contribution in [0.15, 0.2) is 0 Å². The fourth-order valence-electron chi connectivity index (χ4n) is 0.463. The third-order valence-corrected chi connectivity index (χ3v) is 2.59. The van der Waals surface area contributed by atoms with E-state index >= 15 is 0 Å². The largest absolute Gasteiger partial charge is 0.870 e. The van der Waals surface area contributed by atoms with Crippen LogP contribution in [0.2, 0.25) is 0 Å². The summed E-state index contributed by atoms with van der Waals surface area (Å²) in [6.45, 7) is 8.73. The molecule has 0 rings (SSSR count). The van der Waals surface area contributed by atoms with Crippen molar-refractivity contribution in [3.05, 3.63) is 0 Å². The quantitative estimate of drug-likeness (QED) is 0.485. The van der Waals surface area contributed by atoms with Crippen molar-refractivity contribution >= 4 is 13.2 Å². The molecule has 0 aromatic heterocycles. The van der Waals surface area contributed by atoms with Gasteiger partial charge in [0.25, 0.3) is 0 Å². The molecular weight excluding hydrogens is 163 g/mol. The van der Waals surface area contributed by atoms with Gasteiger partial charge in [-0.2, -0.15) is 0 Å². The molecule has 0 heterocycles. The number of hydrogen-bond donors (Lipinski definition) is 0. The minimum Gasteiger partial charge on any atom is -0.870 e. The minimum atomic E-state index is -0.749. The van der Waals surface area contributed by atoms with Gasteiger partial charge in [0, 0.05) is 34.2 Å². The smallest absolute Gasteiger partial charge is 0.302 e. The molecule has 0 atom stereocenters. The van der Waals surface area contributed by atoms with E-state index in [1.165, 1.54) is 6.92 Å². The van der Waals surface area contributed by atoms with E-state index in [4.69, 9.17) is 4.74 Å². The fraction of sp³-hybridized carbons (Fsp3) is 0.857. The molecule has 68 valence electrons. The number of hydrogen-bond acceptors (Lipinski definition) is 3. The highest BCUT2D eigenvalue weighted by Crippen LogP contribution is 2.45. The Kier molecular flexibility index (Phi) is 6.73. The van der Waals surface area contributed by atoms with Crippen LogP contribution < -0.4 is 0 Å². The monoisotopic (exact) mass is 180 g/mol. The average Bonchev–Trinajstić information content (AvgIpc) is 1.59. The van der Waals surface area contributed by atoms with Gasteiger partial charge < -0.3 is 10.2 Å². The number of esters is 1. The Hall–Kier alpha value is -0.140. The lowest BCUT2D eigenvalue weighted by Gasteiger charge is -2.10. The summed E-state index contributed by atoms with van der Waals surface area (Å²) >= 11 is 0. The maximum absolute atomic E-state index is 10.3. The number of rotatable bonds is 3. The first-order valence-corrected chi connectivity index (χ1v) is 6.67. The molecule has 0 saturated carbocycles. The highest BCUT2D eigenvalue weighted by atomic mass is 31.2. The molecule has 0 amide bonds. The van der Waals surface area contributed by atoms with E-state index in [2.05, 4.69) is 20.0 Å². The SMILES string of the molecule is CC(=O)OCC[P+](C)(C)C.[OH-]. The normalized spacial score (nSPS) is 10.2. The van der Waals surface area contributed by atoms with Gasteiger partial charge in [-0.25, -0.2) is 0 Å². The molecule has 0 aromatic rings. The van der Waals surface area contributed by atoms with Crippen LogP contribution in [0.25, 0.3) is 0 Å². The van der Waals surface area contributed by atoms with Crippen molar-refractivity contribution in [3.8, 4) is 0 Å². The molecule has 3 nitrogen and oxygen atoms in total. The van der Waals surface area contributed by atoms with E-state index in [0.29, 0.717) is 6.61 Å². The highest BCUT2D eigenvalue weighted by molar-refractivity contribution is 7.73. The topological polar surface area (TPSA) is 56.3 Å². The molecule has 0 aromatic carbocycles. The Bertz CT molecular complexity index is 117. The van der Waals surface area contributed by atoms with Gasteiger partial charge in [-0.1, -0.05) is 0 Å². The second-order valence-electron chi connectivity index (χ2n) is 3.35. The number of carbonyl (C=O) groups excluding carboxylic acids is 1. The van der Waals surface area contributed by atoms with Crippen molar-refractivity contribution in [2.24, 2.45) is 0 Å². The van der Waals surface area contributed by atoms with E-state index in [9.17, 15) is 4.79 Å². The predicted molar refractivity (Wildman–Crippen MR) is 48.1 cm³/mol. The summed E-state index contributed by atoms with van der Waals surface area (Å²) in [5, 5.41) is 0. The van der Waals surface area contributed by atoms with Crippen LogP contribution in [0.3, 0.4) is 0 Å². The lowest BCUT2D eigenvalue weighted by atomic mass is 10.8. The van der Waals surface area contributed by atoms with Crippen LogP contribution in [0.4, 0.5) is 0 Å². The standard InChI is InChI=1S/C7H16O2P.H2O/c1-7(8)9-5-6-10(2,3)4;/h5-6H2,1-4H3;1H2/q+1;/p-1. The minimum absolute atomic E-state index is 0. The zero-order chi connectivity index (χ0) is 8.20. The summed E-state index contributed by atoms with van der Waals surface area (Å²) in [4.78, 5) is 10.3.